The van der Waals surface area contributed by atoms with E-state index in [0.29, 0.717) is 11.8 Å². The zero-order valence-electron chi connectivity index (χ0n) is 25.4. The molecular weight excluding hydrogens is 496 g/mol. The van der Waals surface area contributed by atoms with Gasteiger partial charge in [0.25, 0.3) is 5.91 Å². The number of carbonyl (C=O) groups excluding carboxylic acids is 1. The molecule has 0 aliphatic carbocycles. The van der Waals surface area contributed by atoms with Crippen molar-refractivity contribution in [2.75, 3.05) is 32.7 Å². The Balaban J connectivity index is 1.65. The lowest BCUT2D eigenvalue weighted by Crippen LogP contribution is -2.34. The van der Waals surface area contributed by atoms with Crippen LogP contribution in [0.2, 0.25) is 0 Å². The number of nitrogens with zero attached hydrogens (tertiary/aromatic N) is 4. The fourth-order valence-electron chi connectivity index (χ4n) is 5.61. The minimum atomic E-state index is -0.498. The first-order valence-corrected chi connectivity index (χ1v) is 15.5. The van der Waals surface area contributed by atoms with Gasteiger partial charge in [0, 0.05) is 36.0 Å². The number of likely N-dealkylation sites (tertiary alicyclic amines) is 1. The van der Waals surface area contributed by atoms with Crippen LogP contribution in [0.1, 0.15) is 101 Å². The minimum absolute atomic E-state index is 0.118. The van der Waals surface area contributed by atoms with Crippen molar-refractivity contribution in [3.05, 3.63) is 59.3 Å². The van der Waals surface area contributed by atoms with Gasteiger partial charge in [-0.15, -0.1) is 0 Å². The van der Waals surface area contributed by atoms with Gasteiger partial charge in [0.15, 0.2) is 0 Å². The van der Waals surface area contributed by atoms with E-state index in [-0.39, 0.29) is 5.91 Å². The van der Waals surface area contributed by atoms with E-state index in [9.17, 15) is 9.90 Å². The van der Waals surface area contributed by atoms with Crippen molar-refractivity contribution in [3.63, 3.8) is 0 Å². The lowest BCUT2D eigenvalue weighted by Gasteiger charge is -2.26. The van der Waals surface area contributed by atoms with Gasteiger partial charge in [0.05, 0.1) is 17.3 Å². The topological polar surface area (TPSA) is 61.1 Å². The lowest BCUT2D eigenvalue weighted by atomic mass is 9.99. The zero-order valence-corrected chi connectivity index (χ0v) is 25.4. The summed E-state index contributed by atoms with van der Waals surface area (Å²) in [4.78, 5) is 18.4. The number of rotatable bonds is 13. The summed E-state index contributed by atoms with van der Waals surface area (Å²) in [6.07, 6.45) is 9.39. The first-order valence-electron chi connectivity index (χ1n) is 15.5. The van der Waals surface area contributed by atoms with Gasteiger partial charge in [-0.3, -0.25) is 4.79 Å². The predicted octanol–water partition coefficient (Wildman–Crippen LogP) is 7.01. The highest BCUT2D eigenvalue weighted by molar-refractivity contribution is 5.95. The first-order chi connectivity index (χ1) is 19.2. The van der Waals surface area contributed by atoms with Crippen LogP contribution in [0, 0.1) is 11.8 Å². The monoisotopic (exact) mass is 546 g/mol. The summed E-state index contributed by atoms with van der Waals surface area (Å²) in [6.45, 7) is 15.7. The summed E-state index contributed by atoms with van der Waals surface area (Å²) in [5.74, 6) is 1.23. The van der Waals surface area contributed by atoms with Crippen molar-refractivity contribution >= 4 is 11.4 Å². The SMILES string of the molecule is CC(C)CCN(CCC(C)C)C(=O)c1ccn2nc(-c3ccc(C(C)O)cc3)c(CCCN3CCCCC3)c2c1. The van der Waals surface area contributed by atoms with Crippen molar-refractivity contribution in [1.82, 2.24) is 19.4 Å². The Morgan fingerprint density at radius 3 is 2.20 bits per heavy atom. The molecule has 3 aromatic rings. The highest BCUT2D eigenvalue weighted by atomic mass is 16.3. The second kappa shape index (κ2) is 14.3. The number of benzene rings is 1. The number of carbonyl (C=O) groups is 1. The number of hydrogen-bond donors (Lipinski definition) is 1. The van der Waals surface area contributed by atoms with Gasteiger partial charge in [-0.05, 0) is 94.6 Å². The van der Waals surface area contributed by atoms with Crippen molar-refractivity contribution < 1.29 is 9.90 Å². The Morgan fingerprint density at radius 2 is 1.60 bits per heavy atom. The number of aliphatic hydroxyl groups is 1. The molecule has 6 nitrogen and oxygen atoms in total. The standard InChI is InChI=1S/C34H50N4O2/c1-25(2)15-21-37(22-16-26(3)4)34(40)30-17-23-38-32(24-30)31(10-9-20-36-18-7-6-8-19-36)33(35-38)29-13-11-28(12-14-29)27(5)39/h11-14,17,23-27,39H,6-10,15-16,18-22H2,1-5H3. The van der Waals surface area contributed by atoms with Crippen LogP contribution in [0.15, 0.2) is 42.6 Å². The molecule has 0 saturated carbocycles. The summed E-state index contributed by atoms with van der Waals surface area (Å²) in [5, 5.41) is 15.0. The summed E-state index contributed by atoms with van der Waals surface area (Å²) in [7, 11) is 0. The molecule has 4 rings (SSSR count). The molecule has 0 bridgehead atoms. The van der Waals surface area contributed by atoms with Gasteiger partial charge < -0.3 is 14.9 Å². The summed E-state index contributed by atoms with van der Waals surface area (Å²) >= 11 is 0. The number of aryl methyl sites for hydroxylation is 1. The molecule has 40 heavy (non-hydrogen) atoms. The van der Waals surface area contributed by atoms with Gasteiger partial charge in [0.2, 0.25) is 0 Å². The quantitative estimate of drug-likeness (QED) is 0.251. The fraction of sp³-hybridized carbons (Fsp3) is 0.588. The van der Waals surface area contributed by atoms with Gasteiger partial charge in [-0.25, -0.2) is 4.52 Å². The van der Waals surface area contributed by atoms with E-state index in [2.05, 4.69) is 50.8 Å². The number of aromatic nitrogens is 2. The number of pyridine rings is 1. The molecule has 1 unspecified atom stereocenters. The third-order valence-corrected chi connectivity index (χ3v) is 8.24. The van der Waals surface area contributed by atoms with Crippen LogP contribution >= 0.6 is 0 Å². The summed E-state index contributed by atoms with van der Waals surface area (Å²) < 4.78 is 1.94. The lowest BCUT2D eigenvalue weighted by molar-refractivity contribution is 0.0741. The first kappa shape index (κ1) is 30.3. The van der Waals surface area contributed by atoms with Crippen molar-refractivity contribution in [2.24, 2.45) is 11.8 Å². The average molecular weight is 547 g/mol. The number of amides is 1. The van der Waals surface area contributed by atoms with Crippen LogP contribution in [0.3, 0.4) is 0 Å². The van der Waals surface area contributed by atoms with Gasteiger partial charge in [-0.2, -0.15) is 5.10 Å². The van der Waals surface area contributed by atoms with Crippen molar-refractivity contribution in [2.45, 2.75) is 85.7 Å². The van der Waals surface area contributed by atoms with Crippen LogP contribution < -0.4 is 0 Å². The molecule has 0 radical (unpaired) electrons. The molecule has 2 aromatic heterocycles. The second-order valence-electron chi connectivity index (χ2n) is 12.5. The highest BCUT2D eigenvalue weighted by Gasteiger charge is 2.21. The number of aliphatic hydroxyl groups excluding tert-OH is 1. The zero-order chi connectivity index (χ0) is 28.6. The Bertz CT molecular complexity index is 1210. The molecule has 1 N–H and O–H groups in total. The molecular formula is C34H50N4O2. The molecule has 218 valence electrons. The van der Waals surface area contributed by atoms with Crippen molar-refractivity contribution in [3.8, 4) is 11.3 Å². The smallest absolute Gasteiger partial charge is 0.253 e. The van der Waals surface area contributed by atoms with Crippen LogP contribution in [0.4, 0.5) is 0 Å². The molecule has 3 heterocycles. The minimum Gasteiger partial charge on any atom is -0.389 e. The van der Waals surface area contributed by atoms with E-state index in [1.807, 2.05) is 33.8 Å². The molecule has 1 saturated heterocycles. The van der Waals surface area contributed by atoms with E-state index in [4.69, 9.17) is 5.10 Å². The molecule has 0 spiro atoms. The van der Waals surface area contributed by atoms with E-state index in [1.54, 1.807) is 6.92 Å². The molecule has 1 aliphatic rings. The Hall–Kier alpha value is -2.70. The fourth-order valence-corrected chi connectivity index (χ4v) is 5.61. The maximum Gasteiger partial charge on any atom is 0.253 e. The maximum absolute atomic E-state index is 13.8. The van der Waals surface area contributed by atoms with Crippen LogP contribution in [0.25, 0.3) is 16.8 Å². The maximum atomic E-state index is 13.8. The third kappa shape index (κ3) is 7.94. The van der Waals surface area contributed by atoms with Crippen LogP contribution in [-0.2, 0) is 6.42 Å². The normalized spacial score (nSPS) is 15.3. The van der Waals surface area contributed by atoms with E-state index >= 15 is 0 Å². The molecule has 6 heteroatoms. The van der Waals surface area contributed by atoms with Crippen LogP contribution in [0.5, 0.6) is 0 Å². The Kier molecular flexibility index (Phi) is 10.8. The number of fused-ring (bicyclic) bond motifs is 1. The Labute approximate surface area is 241 Å². The summed E-state index contributed by atoms with van der Waals surface area (Å²) in [5.41, 5.74) is 5.88. The third-order valence-electron chi connectivity index (χ3n) is 8.24. The van der Waals surface area contributed by atoms with Gasteiger partial charge in [0.1, 0.15) is 0 Å². The molecule has 1 amide bonds. The van der Waals surface area contributed by atoms with Crippen molar-refractivity contribution in [1.29, 1.82) is 0 Å². The molecule has 1 atom stereocenters. The molecule has 1 aromatic carbocycles. The predicted molar refractivity (Wildman–Crippen MR) is 165 cm³/mol. The number of hydrogen-bond acceptors (Lipinski definition) is 4. The van der Waals surface area contributed by atoms with Crippen LogP contribution in [-0.4, -0.2) is 63.2 Å². The Morgan fingerprint density at radius 1 is 0.950 bits per heavy atom. The molecule has 1 aliphatic heterocycles. The molecule has 1 fully saturated rings. The van der Waals surface area contributed by atoms with E-state index in [0.717, 1.165) is 73.2 Å². The number of piperidine rings is 1. The average Bonchev–Trinajstić information content (AvgIpc) is 3.31. The van der Waals surface area contributed by atoms with Gasteiger partial charge in [-0.1, -0.05) is 58.4 Å². The summed E-state index contributed by atoms with van der Waals surface area (Å²) in [6, 6.07) is 12.1. The second-order valence-corrected chi connectivity index (χ2v) is 12.5. The largest absolute Gasteiger partial charge is 0.389 e. The van der Waals surface area contributed by atoms with E-state index < -0.39 is 6.10 Å². The van der Waals surface area contributed by atoms with Gasteiger partial charge >= 0.3 is 0 Å². The highest BCUT2D eigenvalue weighted by Crippen LogP contribution is 2.30. The van der Waals surface area contributed by atoms with E-state index in [1.165, 1.54) is 37.9 Å².